The van der Waals surface area contributed by atoms with Crippen LogP contribution in [0.3, 0.4) is 0 Å². The number of carbonyl (C=O) groups excluding carboxylic acids is 2. The molecule has 2 amide bonds. The van der Waals surface area contributed by atoms with Gasteiger partial charge in [0.2, 0.25) is 12.3 Å². The third kappa shape index (κ3) is 5.17. The zero-order valence-electron chi connectivity index (χ0n) is 16.7. The maximum Gasteiger partial charge on any atom is 0.407 e. The fourth-order valence-electron chi connectivity index (χ4n) is 3.57. The number of benzene rings is 2. The Labute approximate surface area is 177 Å². The number of amides is 2. The van der Waals surface area contributed by atoms with Crippen molar-refractivity contribution in [3.63, 3.8) is 0 Å². The molecule has 2 aromatic rings. The largest absolute Gasteiger partial charge is 0.480 e. The first kappa shape index (κ1) is 22.2. The lowest BCUT2D eigenvalue weighted by molar-refractivity contribution is -0.141. The standard InChI is InChI=1S/C22H22F2N2O5/c1-12(21(28)29)25-20(27)18(10-19(23)24)26-22(30)31-11-17-15-8-4-2-6-13(15)14-7-3-5-9-16(14)17/h2-9,12,17-19H,10-11H2,1H3,(H,25,27)(H,26,30)(H,28,29)/t12-,18?/m1/s1. The van der Waals surface area contributed by atoms with Gasteiger partial charge < -0.3 is 20.5 Å². The first-order chi connectivity index (χ1) is 14.8. The molecule has 7 nitrogen and oxygen atoms in total. The molecule has 1 aliphatic rings. The van der Waals surface area contributed by atoms with Gasteiger partial charge in [0.25, 0.3) is 0 Å². The normalized spacial score (nSPS) is 14.3. The van der Waals surface area contributed by atoms with E-state index in [4.69, 9.17) is 9.84 Å². The van der Waals surface area contributed by atoms with Crippen LogP contribution >= 0.6 is 0 Å². The van der Waals surface area contributed by atoms with E-state index in [-0.39, 0.29) is 12.5 Å². The van der Waals surface area contributed by atoms with Crippen LogP contribution in [0, 0.1) is 0 Å². The van der Waals surface area contributed by atoms with E-state index in [1.54, 1.807) is 0 Å². The van der Waals surface area contributed by atoms with Gasteiger partial charge in [-0.2, -0.15) is 0 Å². The number of halogens is 2. The molecular formula is C22H22F2N2O5. The van der Waals surface area contributed by atoms with Gasteiger partial charge in [0.05, 0.1) is 0 Å². The lowest BCUT2D eigenvalue weighted by atomic mass is 9.98. The summed E-state index contributed by atoms with van der Waals surface area (Å²) in [4.78, 5) is 35.3. The number of alkyl carbamates (subject to hydrolysis) is 1. The molecular weight excluding hydrogens is 410 g/mol. The molecule has 0 saturated heterocycles. The molecule has 1 aliphatic carbocycles. The molecule has 0 spiro atoms. The molecule has 0 radical (unpaired) electrons. The number of alkyl halides is 2. The molecule has 0 fully saturated rings. The van der Waals surface area contributed by atoms with Crippen molar-refractivity contribution < 1.29 is 33.0 Å². The van der Waals surface area contributed by atoms with Gasteiger partial charge in [-0.25, -0.2) is 13.6 Å². The highest BCUT2D eigenvalue weighted by atomic mass is 19.3. The number of aliphatic carboxylic acids is 1. The molecule has 0 bridgehead atoms. The van der Waals surface area contributed by atoms with Gasteiger partial charge in [-0.15, -0.1) is 0 Å². The second-order valence-electron chi connectivity index (χ2n) is 7.22. The highest BCUT2D eigenvalue weighted by Crippen LogP contribution is 2.44. The maximum atomic E-state index is 12.9. The monoisotopic (exact) mass is 432 g/mol. The highest BCUT2D eigenvalue weighted by molar-refractivity contribution is 5.89. The maximum absolute atomic E-state index is 12.9. The van der Waals surface area contributed by atoms with E-state index in [1.165, 1.54) is 6.92 Å². The van der Waals surface area contributed by atoms with Crippen molar-refractivity contribution in [3.05, 3.63) is 59.7 Å². The van der Waals surface area contributed by atoms with Crippen LogP contribution in [0.5, 0.6) is 0 Å². The quantitative estimate of drug-likeness (QED) is 0.595. The highest BCUT2D eigenvalue weighted by Gasteiger charge is 2.31. The fraction of sp³-hybridized carbons (Fsp3) is 0.318. The summed E-state index contributed by atoms with van der Waals surface area (Å²) in [5.74, 6) is -2.58. The molecule has 2 atom stereocenters. The van der Waals surface area contributed by atoms with Crippen molar-refractivity contribution in [2.24, 2.45) is 0 Å². The number of carboxylic acids is 1. The molecule has 9 heteroatoms. The molecule has 0 aromatic heterocycles. The third-order valence-corrected chi connectivity index (χ3v) is 5.10. The van der Waals surface area contributed by atoms with Gasteiger partial charge >= 0.3 is 12.1 Å². The third-order valence-electron chi connectivity index (χ3n) is 5.10. The summed E-state index contributed by atoms with van der Waals surface area (Å²) in [7, 11) is 0. The van der Waals surface area contributed by atoms with Crippen molar-refractivity contribution in [2.75, 3.05) is 6.61 Å². The number of carbonyl (C=O) groups is 3. The Morgan fingerprint density at radius 2 is 1.55 bits per heavy atom. The van der Waals surface area contributed by atoms with Crippen LogP contribution in [0.2, 0.25) is 0 Å². The molecule has 0 aliphatic heterocycles. The second-order valence-corrected chi connectivity index (χ2v) is 7.22. The summed E-state index contributed by atoms with van der Waals surface area (Å²) >= 11 is 0. The van der Waals surface area contributed by atoms with Gasteiger partial charge in [-0.1, -0.05) is 48.5 Å². The van der Waals surface area contributed by atoms with Crippen molar-refractivity contribution >= 4 is 18.0 Å². The summed E-state index contributed by atoms with van der Waals surface area (Å²) in [6, 6.07) is 12.5. The molecule has 3 rings (SSSR count). The minimum absolute atomic E-state index is 0.0472. The van der Waals surface area contributed by atoms with E-state index in [2.05, 4.69) is 10.6 Å². The van der Waals surface area contributed by atoms with E-state index in [0.717, 1.165) is 22.3 Å². The van der Waals surface area contributed by atoms with E-state index in [0.29, 0.717) is 0 Å². The smallest absolute Gasteiger partial charge is 0.407 e. The molecule has 164 valence electrons. The molecule has 31 heavy (non-hydrogen) atoms. The van der Waals surface area contributed by atoms with Crippen molar-refractivity contribution in [1.82, 2.24) is 10.6 Å². The van der Waals surface area contributed by atoms with Crippen LogP contribution in [0.25, 0.3) is 11.1 Å². The van der Waals surface area contributed by atoms with Crippen molar-refractivity contribution in [3.8, 4) is 11.1 Å². The Kier molecular flexibility index (Phi) is 6.84. The first-order valence-electron chi connectivity index (χ1n) is 9.70. The fourth-order valence-corrected chi connectivity index (χ4v) is 3.57. The Morgan fingerprint density at radius 1 is 1.00 bits per heavy atom. The van der Waals surface area contributed by atoms with E-state index in [1.807, 2.05) is 48.5 Å². The Hall–Kier alpha value is -3.49. The summed E-state index contributed by atoms with van der Waals surface area (Å²) in [5.41, 5.74) is 4.02. The zero-order chi connectivity index (χ0) is 22.5. The van der Waals surface area contributed by atoms with E-state index < -0.39 is 42.9 Å². The predicted octanol–water partition coefficient (Wildman–Crippen LogP) is 3.14. The molecule has 1 unspecified atom stereocenters. The van der Waals surface area contributed by atoms with Gasteiger partial charge in [0.15, 0.2) is 0 Å². The van der Waals surface area contributed by atoms with Gasteiger partial charge in [-0.05, 0) is 29.2 Å². The minimum Gasteiger partial charge on any atom is -0.480 e. The van der Waals surface area contributed by atoms with Crippen LogP contribution < -0.4 is 10.6 Å². The number of rotatable bonds is 8. The van der Waals surface area contributed by atoms with E-state index in [9.17, 15) is 23.2 Å². The van der Waals surface area contributed by atoms with Crippen LogP contribution in [-0.2, 0) is 14.3 Å². The number of hydrogen-bond acceptors (Lipinski definition) is 4. The molecule has 3 N–H and O–H groups in total. The number of fused-ring (bicyclic) bond motifs is 3. The van der Waals surface area contributed by atoms with Gasteiger partial charge in [-0.3, -0.25) is 9.59 Å². The van der Waals surface area contributed by atoms with Crippen LogP contribution in [0.15, 0.2) is 48.5 Å². The number of nitrogens with one attached hydrogen (secondary N) is 2. The van der Waals surface area contributed by atoms with Gasteiger partial charge in [0, 0.05) is 12.3 Å². The topological polar surface area (TPSA) is 105 Å². The Bertz CT molecular complexity index is 936. The molecule has 0 heterocycles. The summed E-state index contributed by atoms with van der Waals surface area (Å²) in [5, 5.41) is 13.1. The number of hydrogen-bond donors (Lipinski definition) is 3. The lowest BCUT2D eigenvalue weighted by Crippen LogP contribution is -2.51. The predicted molar refractivity (Wildman–Crippen MR) is 108 cm³/mol. The minimum atomic E-state index is -2.88. The Morgan fingerprint density at radius 3 is 2.06 bits per heavy atom. The lowest BCUT2D eigenvalue weighted by Gasteiger charge is -2.20. The number of carboxylic acid groups (broad SMARTS) is 1. The molecule has 0 saturated carbocycles. The summed E-state index contributed by atoms with van der Waals surface area (Å²) < 4.78 is 31.0. The van der Waals surface area contributed by atoms with Crippen LogP contribution in [-0.4, -0.2) is 48.2 Å². The SMILES string of the molecule is C[C@@H](NC(=O)C(CC(F)F)NC(=O)OCC1c2ccccc2-c2ccccc21)C(=O)O. The van der Waals surface area contributed by atoms with Gasteiger partial charge in [0.1, 0.15) is 18.7 Å². The average Bonchev–Trinajstić information content (AvgIpc) is 3.05. The zero-order valence-corrected chi connectivity index (χ0v) is 16.7. The van der Waals surface area contributed by atoms with Crippen molar-refractivity contribution in [1.29, 1.82) is 0 Å². The molecule has 2 aromatic carbocycles. The number of ether oxygens (including phenoxy) is 1. The van der Waals surface area contributed by atoms with E-state index >= 15 is 0 Å². The second kappa shape index (κ2) is 9.55. The van der Waals surface area contributed by atoms with Crippen molar-refractivity contribution in [2.45, 2.75) is 37.8 Å². The Balaban J connectivity index is 1.66. The van der Waals surface area contributed by atoms with Crippen LogP contribution in [0.4, 0.5) is 13.6 Å². The summed E-state index contributed by atoms with van der Waals surface area (Å²) in [6.07, 6.45) is -4.89. The van der Waals surface area contributed by atoms with Crippen LogP contribution in [0.1, 0.15) is 30.4 Å². The first-order valence-corrected chi connectivity index (χ1v) is 9.70. The average molecular weight is 432 g/mol. The summed E-state index contributed by atoms with van der Waals surface area (Å²) in [6.45, 7) is 1.14.